The van der Waals surface area contributed by atoms with E-state index in [1.165, 1.54) is 10.4 Å². The van der Waals surface area contributed by atoms with Gasteiger partial charge in [0.15, 0.2) is 5.96 Å². The average molecular weight is 448 g/mol. The van der Waals surface area contributed by atoms with Gasteiger partial charge < -0.3 is 10.6 Å². The normalized spacial score (nSPS) is 11.2. The van der Waals surface area contributed by atoms with Crippen LogP contribution in [0.3, 0.4) is 0 Å². The number of aromatic nitrogens is 3. The first-order chi connectivity index (χ1) is 10.7. The number of aryl methyl sites for hydroxylation is 3. The molecule has 0 atom stereocenters. The van der Waals surface area contributed by atoms with Crippen LogP contribution in [0.25, 0.3) is 0 Å². The zero-order valence-corrected chi connectivity index (χ0v) is 17.0. The molecule has 0 bridgehead atoms. The summed E-state index contributed by atoms with van der Waals surface area (Å²) in [6, 6.07) is 0. The van der Waals surface area contributed by atoms with E-state index in [-0.39, 0.29) is 24.0 Å². The van der Waals surface area contributed by atoms with Crippen LogP contribution < -0.4 is 10.6 Å². The van der Waals surface area contributed by atoms with Crippen LogP contribution in [-0.4, -0.2) is 40.9 Å². The van der Waals surface area contributed by atoms with Crippen molar-refractivity contribution in [1.82, 2.24) is 25.4 Å². The Labute approximate surface area is 158 Å². The van der Waals surface area contributed by atoms with E-state index in [9.17, 15) is 0 Å². The lowest BCUT2D eigenvalue weighted by Crippen LogP contribution is -2.38. The van der Waals surface area contributed by atoms with Gasteiger partial charge in [0, 0.05) is 50.9 Å². The van der Waals surface area contributed by atoms with Gasteiger partial charge in [-0.25, -0.2) is 4.98 Å². The van der Waals surface area contributed by atoms with Gasteiger partial charge in [0.25, 0.3) is 0 Å². The summed E-state index contributed by atoms with van der Waals surface area (Å²) in [4.78, 5) is 9.85. The second-order valence-electron chi connectivity index (χ2n) is 5.17. The van der Waals surface area contributed by atoms with Gasteiger partial charge in [0.05, 0.1) is 11.2 Å². The van der Waals surface area contributed by atoms with Crippen LogP contribution in [0.15, 0.2) is 23.6 Å². The molecular weight excluding hydrogens is 423 g/mol. The first-order valence-electron chi connectivity index (χ1n) is 7.50. The average Bonchev–Trinajstić information content (AvgIpc) is 3.10. The molecule has 2 rings (SSSR count). The SMILES string of the molecule is CN=C(NCCCc1cnn(C)c1)NCCc1ncc(C)s1.I. The highest BCUT2D eigenvalue weighted by Crippen LogP contribution is 2.10. The number of thiazole rings is 1. The van der Waals surface area contributed by atoms with Crippen LogP contribution in [0.1, 0.15) is 21.9 Å². The molecule has 6 nitrogen and oxygen atoms in total. The number of hydrogen-bond acceptors (Lipinski definition) is 4. The number of hydrogen-bond donors (Lipinski definition) is 2. The highest BCUT2D eigenvalue weighted by Gasteiger charge is 2.01. The topological polar surface area (TPSA) is 67.1 Å². The van der Waals surface area contributed by atoms with Crippen LogP contribution >= 0.6 is 35.3 Å². The van der Waals surface area contributed by atoms with E-state index in [0.29, 0.717) is 0 Å². The molecule has 2 heterocycles. The van der Waals surface area contributed by atoms with E-state index in [2.05, 4.69) is 38.8 Å². The summed E-state index contributed by atoms with van der Waals surface area (Å²) >= 11 is 1.75. The molecule has 23 heavy (non-hydrogen) atoms. The maximum Gasteiger partial charge on any atom is 0.190 e. The predicted molar refractivity (Wildman–Crippen MR) is 107 cm³/mol. The third-order valence-corrected chi connectivity index (χ3v) is 4.19. The van der Waals surface area contributed by atoms with E-state index < -0.39 is 0 Å². The Bertz CT molecular complexity index is 607. The number of nitrogens with zero attached hydrogens (tertiary/aromatic N) is 4. The molecule has 0 spiro atoms. The largest absolute Gasteiger partial charge is 0.356 e. The van der Waals surface area contributed by atoms with Crippen molar-refractivity contribution in [3.05, 3.63) is 34.0 Å². The molecule has 0 aliphatic carbocycles. The Morgan fingerprint density at radius 1 is 1.26 bits per heavy atom. The summed E-state index contributed by atoms with van der Waals surface area (Å²) in [5.74, 6) is 0.847. The summed E-state index contributed by atoms with van der Waals surface area (Å²) in [5, 5.41) is 12.0. The van der Waals surface area contributed by atoms with E-state index >= 15 is 0 Å². The fraction of sp³-hybridized carbons (Fsp3) is 0.533. The lowest BCUT2D eigenvalue weighted by atomic mass is 10.2. The van der Waals surface area contributed by atoms with E-state index in [4.69, 9.17) is 0 Å². The van der Waals surface area contributed by atoms with Gasteiger partial charge in [-0.05, 0) is 25.3 Å². The van der Waals surface area contributed by atoms with E-state index in [0.717, 1.165) is 43.3 Å². The molecule has 2 aromatic rings. The van der Waals surface area contributed by atoms with Crippen molar-refractivity contribution in [2.45, 2.75) is 26.2 Å². The molecule has 0 amide bonds. The molecule has 8 heteroatoms. The van der Waals surface area contributed by atoms with Gasteiger partial charge in [0.2, 0.25) is 0 Å². The summed E-state index contributed by atoms with van der Waals surface area (Å²) in [5.41, 5.74) is 1.27. The second-order valence-corrected chi connectivity index (χ2v) is 6.49. The molecule has 0 aromatic carbocycles. The maximum atomic E-state index is 4.36. The third-order valence-electron chi connectivity index (χ3n) is 3.22. The minimum Gasteiger partial charge on any atom is -0.356 e. The Hall–Kier alpha value is -1.16. The van der Waals surface area contributed by atoms with Crippen molar-refractivity contribution >= 4 is 41.3 Å². The second kappa shape index (κ2) is 10.6. The minimum absolute atomic E-state index is 0. The van der Waals surface area contributed by atoms with E-state index in [1.54, 1.807) is 18.4 Å². The number of halogens is 1. The first kappa shape index (κ1) is 19.9. The van der Waals surface area contributed by atoms with Crippen LogP contribution in [-0.2, 0) is 19.9 Å². The van der Waals surface area contributed by atoms with Crippen molar-refractivity contribution in [2.75, 3.05) is 20.1 Å². The van der Waals surface area contributed by atoms with Crippen molar-refractivity contribution in [3.8, 4) is 0 Å². The molecular formula is C15H25IN6S. The standard InChI is InChI=1S/C15H24N6S.HI/c1-12-9-19-14(22-12)6-8-18-15(16-2)17-7-4-5-13-10-20-21(3)11-13;/h9-11H,4-8H2,1-3H3,(H2,16,17,18);1H. The van der Waals surface area contributed by atoms with Crippen molar-refractivity contribution in [3.63, 3.8) is 0 Å². The Kier molecular flexibility index (Phi) is 9.15. The lowest BCUT2D eigenvalue weighted by molar-refractivity contribution is 0.736. The molecule has 0 saturated carbocycles. The molecule has 0 saturated heterocycles. The number of guanidine groups is 1. The number of rotatable bonds is 7. The first-order valence-corrected chi connectivity index (χ1v) is 8.32. The lowest BCUT2D eigenvalue weighted by Gasteiger charge is -2.10. The van der Waals surface area contributed by atoms with Crippen LogP contribution in [0, 0.1) is 6.92 Å². The quantitative estimate of drug-likeness (QED) is 0.295. The molecule has 0 aliphatic rings. The fourth-order valence-corrected chi connectivity index (χ4v) is 2.91. The smallest absolute Gasteiger partial charge is 0.190 e. The Morgan fingerprint density at radius 2 is 2.04 bits per heavy atom. The van der Waals surface area contributed by atoms with Crippen LogP contribution in [0.2, 0.25) is 0 Å². The van der Waals surface area contributed by atoms with Gasteiger partial charge in [-0.15, -0.1) is 35.3 Å². The molecule has 2 aromatic heterocycles. The highest BCUT2D eigenvalue weighted by atomic mass is 127. The van der Waals surface area contributed by atoms with Crippen molar-refractivity contribution < 1.29 is 0 Å². The summed E-state index contributed by atoms with van der Waals surface area (Å²) in [6.45, 7) is 3.82. The Balaban J connectivity index is 0.00000264. The van der Waals surface area contributed by atoms with Gasteiger partial charge >= 0.3 is 0 Å². The minimum atomic E-state index is 0. The molecule has 0 radical (unpaired) electrons. The van der Waals surface area contributed by atoms with Crippen LogP contribution in [0.5, 0.6) is 0 Å². The zero-order valence-electron chi connectivity index (χ0n) is 13.9. The van der Waals surface area contributed by atoms with Gasteiger partial charge in [-0.1, -0.05) is 0 Å². The number of nitrogens with one attached hydrogen (secondary N) is 2. The van der Waals surface area contributed by atoms with Crippen LogP contribution in [0.4, 0.5) is 0 Å². The van der Waals surface area contributed by atoms with Crippen molar-refractivity contribution in [1.29, 1.82) is 0 Å². The molecule has 128 valence electrons. The van der Waals surface area contributed by atoms with Gasteiger partial charge in [-0.2, -0.15) is 5.10 Å². The fourth-order valence-electron chi connectivity index (χ4n) is 2.13. The highest BCUT2D eigenvalue weighted by molar-refractivity contribution is 14.0. The summed E-state index contributed by atoms with van der Waals surface area (Å²) < 4.78 is 1.84. The monoisotopic (exact) mass is 448 g/mol. The van der Waals surface area contributed by atoms with Gasteiger partial charge in [0.1, 0.15) is 0 Å². The molecule has 0 unspecified atom stereocenters. The van der Waals surface area contributed by atoms with E-state index in [1.807, 2.05) is 24.1 Å². The Morgan fingerprint density at radius 3 is 2.65 bits per heavy atom. The molecule has 2 N–H and O–H groups in total. The number of aliphatic imine (C=N–C) groups is 1. The van der Waals surface area contributed by atoms with Gasteiger partial charge in [-0.3, -0.25) is 9.67 Å². The predicted octanol–water partition coefficient (Wildman–Crippen LogP) is 2.14. The molecule has 0 fully saturated rings. The summed E-state index contributed by atoms with van der Waals surface area (Å²) in [6.07, 6.45) is 8.90. The third kappa shape index (κ3) is 7.30. The molecule has 0 aliphatic heterocycles. The van der Waals surface area contributed by atoms with Crippen molar-refractivity contribution in [2.24, 2.45) is 12.0 Å². The zero-order chi connectivity index (χ0) is 15.8. The maximum absolute atomic E-state index is 4.36. The summed E-state index contributed by atoms with van der Waals surface area (Å²) in [7, 11) is 3.74.